The maximum Gasteiger partial charge on any atom is 0.257 e. The zero-order valence-corrected chi connectivity index (χ0v) is 4.92. The van der Waals surface area contributed by atoms with E-state index < -0.39 is 0 Å². The Kier molecular flexibility index (Phi) is 1.15. The lowest BCUT2D eigenvalue weighted by Crippen LogP contribution is -2.21. The molecular weight excluding hydrogens is 110 g/mol. The fourth-order valence-electron chi connectivity index (χ4n) is 0.485. The number of hydrogen-bond donors (Lipinski definition) is 1. The topological polar surface area (TPSA) is 21.3 Å². The normalized spacial score (nSPS) is 29.3. The molecule has 1 aliphatic heterocycles. The molecule has 0 radical (unpaired) electrons. The van der Waals surface area contributed by atoms with Crippen LogP contribution in [0.2, 0.25) is 0 Å². The maximum atomic E-state index is 4.89. The van der Waals surface area contributed by atoms with Crippen molar-refractivity contribution in [2.75, 3.05) is 6.61 Å². The molecule has 0 unspecified atom stereocenters. The van der Waals surface area contributed by atoms with Crippen LogP contribution in [0, 0.1) is 0 Å². The molecule has 7 heavy (non-hydrogen) atoms. The molecule has 1 aliphatic rings. The fourth-order valence-corrected chi connectivity index (χ4v) is 0.754. The SMILES string of the molecule is C[C@@H]1COC(=S)N1. The van der Waals surface area contributed by atoms with Crippen LogP contribution >= 0.6 is 12.2 Å². The first-order valence-electron chi connectivity index (χ1n) is 2.22. The molecule has 1 rings (SSSR count). The molecule has 2 nitrogen and oxygen atoms in total. The van der Waals surface area contributed by atoms with E-state index in [9.17, 15) is 0 Å². The van der Waals surface area contributed by atoms with Gasteiger partial charge in [0.25, 0.3) is 5.17 Å². The third kappa shape index (κ3) is 1.03. The monoisotopic (exact) mass is 117 g/mol. The first kappa shape index (κ1) is 4.84. The van der Waals surface area contributed by atoms with Crippen LogP contribution in [0.25, 0.3) is 0 Å². The third-order valence-electron chi connectivity index (χ3n) is 0.829. The molecule has 40 valence electrons. The lowest BCUT2D eigenvalue weighted by atomic mass is 10.4. The molecule has 1 fully saturated rings. The Morgan fingerprint density at radius 3 is 2.86 bits per heavy atom. The molecule has 0 amide bonds. The van der Waals surface area contributed by atoms with Gasteiger partial charge in [-0.15, -0.1) is 0 Å². The minimum absolute atomic E-state index is 0.410. The molecule has 1 N–H and O–H groups in total. The molecule has 0 aromatic heterocycles. The molecule has 3 heteroatoms. The second-order valence-electron chi connectivity index (χ2n) is 1.64. The summed E-state index contributed by atoms with van der Waals surface area (Å²) in [6.45, 7) is 2.75. The predicted molar refractivity (Wildman–Crippen MR) is 31.1 cm³/mol. The molecule has 0 bridgehead atoms. The summed E-state index contributed by atoms with van der Waals surface area (Å²) < 4.78 is 4.89. The van der Waals surface area contributed by atoms with Crippen LogP contribution in [0.4, 0.5) is 0 Å². The van der Waals surface area contributed by atoms with Crippen molar-refractivity contribution in [3.63, 3.8) is 0 Å². The molecule has 0 saturated carbocycles. The van der Waals surface area contributed by atoms with Gasteiger partial charge in [0, 0.05) is 0 Å². The van der Waals surface area contributed by atoms with Crippen molar-refractivity contribution >= 4 is 17.4 Å². The van der Waals surface area contributed by atoms with Crippen LogP contribution in [-0.2, 0) is 4.74 Å². The van der Waals surface area contributed by atoms with Crippen LogP contribution in [0.1, 0.15) is 6.92 Å². The highest BCUT2D eigenvalue weighted by molar-refractivity contribution is 7.80. The van der Waals surface area contributed by atoms with E-state index in [4.69, 9.17) is 4.74 Å². The number of nitrogens with one attached hydrogen (secondary N) is 1. The highest BCUT2D eigenvalue weighted by Crippen LogP contribution is 1.94. The summed E-state index contributed by atoms with van der Waals surface area (Å²) in [4.78, 5) is 0. The van der Waals surface area contributed by atoms with E-state index in [1.165, 1.54) is 0 Å². The Hall–Kier alpha value is -0.310. The summed E-state index contributed by atoms with van der Waals surface area (Å²) in [6.07, 6.45) is 0. The fraction of sp³-hybridized carbons (Fsp3) is 0.750. The van der Waals surface area contributed by atoms with Crippen LogP contribution in [-0.4, -0.2) is 17.8 Å². The predicted octanol–water partition coefficient (Wildman–Crippen LogP) is 0.280. The lowest BCUT2D eigenvalue weighted by Gasteiger charge is -1.92. The van der Waals surface area contributed by atoms with Crippen molar-refractivity contribution in [3.8, 4) is 0 Å². The number of ether oxygens (including phenoxy) is 1. The van der Waals surface area contributed by atoms with Gasteiger partial charge in [-0.1, -0.05) is 0 Å². The molecule has 0 aromatic rings. The number of thiocarbonyl (C=S) groups is 1. The van der Waals surface area contributed by atoms with Gasteiger partial charge in [0.05, 0.1) is 6.04 Å². The molecule has 0 aromatic carbocycles. The van der Waals surface area contributed by atoms with E-state index >= 15 is 0 Å². The second kappa shape index (κ2) is 1.66. The third-order valence-corrected chi connectivity index (χ3v) is 1.06. The quantitative estimate of drug-likeness (QED) is 0.460. The lowest BCUT2D eigenvalue weighted by molar-refractivity contribution is 0.338. The van der Waals surface area contributed by atoms with Crippen molar-refractivity contribution < 1.29 is 4.74 Å². The molecule has 1 atom stereocenters. The Labute approximate surface area is 47.9 Å². The highest BCUT2D eigenvalue weighted by atomic mass is 32.1. The summed E-state index contributed by atoms with van der Waals surface area (Å²) >= 11 is 4.66. The van der Waals surface area contributed by atoms with E-state index in [1.807, 2.05) is 6.92 Å². The van der Waals surface area contributed by atoms with Crippen molar-refractivity contribution in [1.82, 2.24) is 5.32 Å². The van der Waals surface area contributed by atoms with E-state index in [2.05, 4.69) is 17.5 Å². The van der Waals surface area contributed by atoms with Crippen molar-refractivity contribution in [3.05, 3.63) is 0 Å². The van der Waals surface area contributed by atoms with Crippen LogP contribution in [0.5, 0.6) is 0 Å². The van der Waals surface area contributed by atoms with E-state index in [-0.39, 0.29) is 0 Å². The van der Waals surface area contributed by atoms with Gasteiger partial charge in [0.15, 0.2) is 0 Å². The first-order chi connectivity index (χ1) is 3.29. The second-order valence-corrected chi connectivity index (χ2v) is 2.01. The van der Waals surface area contributed by atoms with E-state index in [0.29, 0.717) is 11.2 Å². The van der Waals surface area contributed by atoms with E-state index in [1.54, 1.807) is 0 Å². The van der Waals surface area contributed by atoms with Gasteiger partial charge in [-0.25, -0.2) is 0 Å². The minimum atomic E-state index is 0.410. The van der Waals surface area contributed by atoms with Crippen LogP contribution < -0.4 is 5.32 Å². The van der Waals surface area contributed by atoms with Gasteiger partial charge in [-0.2, -0.15) is 0 Å². The standard InChI is InChI=1S/C4H7NOS/c1-3-2-6-4(7)5-3/h3H,2H2,1H3,(H,5,7)/t3-/m1/s1. The van der Waals surface area contributed by atoms with Gasteiger partial charge in [-0.3, -0.25) is 0 Å². The zero-order valence-electron chi connectivity index (χ0n) is 4.10. The average molecular weight is 117 g/mol. The smallest absolute Gasteiger partial charge is 0.257 e. The molecule has 1 heterocycles. The molecule has 0 spiro atoms. The summed E-state index contributed by atoms with van der Waals surface area (Å²) in [6, 6.07) is 0.410. The van der Waals surface area contributed by atoms with Crippen molar-refractivity contribution in [2.45, 2.75) is 13.0 Å². The van der Waals surface area contributed by atoms with Gasteiger partial charge in [-0.05, 0) is 19.1 Å². The minimum Gasteiger partial charge on any atom is -0.469 e. The Morgan fingerprint density at radius 2 is 2.71 bits per heavy atom. The highest BCUT2D eigenvalue weighted by Gasteiger charge is 2.12. The molecular formula is C4H7NOS. The maximum absolute atomic E-state index is 4.89. The van der Waals surface area contributed by atoms with Gasteiger partial charge in [0.2, 0.25) is 0 Å². The summed E-state index contributed by atoms with van der Waals surface area (Å²) in [5.74, 6) is 0. The van der Waals surface area contributed by atoms with Gasteiger partial charge < -0.3 is 10.1 Å². The molecule has 1 saturated heterocycles. The largest absolute Gasteiger partial charge is 0.469 e. The van der Waals surface area contributed by atoms with Gasteiger partial charge >= 0.3 is 0 Å². The molecule has 0 aliphatic carbocycles. The number of rotatable bonds is 0. The van der Waals surface area contributed by atoms with Crippen LogP contribution in [0.15, 0.2) is 0 Å². The van der Waals surface area contributed by atoms with E-state index in [0.717, 1.165) is 6.61 Å². The average Bonchev–Trinajstić information content (AvgIpc) is 1.87. The first-order valence-corrected chi connectivity index (χ1v) is 2.63. The Morgan fingerprint density at radius 1 is 2.00 bits per heavy atom. The van der Waals surface area contributed by atoms with Crippen molar-refractivity contribution in [1.29, 1.82) is 0 Å². The summed E-state index contributed by atoms with van der Waals surface area (Å²) in [7, 11) is 0. The van der Waals surface area contributed by atoms with Crippen molar-refractivity contribution in [2.24, 2.45) is 0 Å². The summed E-state index contributed by atoms with van der Waals surface area (Å²) in [5.41, 5.74) is 0. The van der Waals surface area contributed by atoms with Crippen LogP contribution in [0.3, 0.4) is 0 Å². The Balaban J connectivity index is 2.40. The number of hydrogen-bond acceptors (Lipinski definition) is 2. The van der Waals surface area contributed by atoms with Gasteiger partial charge in [0.1, 0.15) is 6.61 Å². The zero-order chi connectivity index (χ0) is 5.28. The summed E-state index contributed by atoms with van der Waals surface area (Å²) in [5, 5.41) is 3.46. The Bertz CT molecular complexity index is 93.7.